The number of hydrogen-bond donors (Lipinski definition) is 6. The van der Waals surface area contributed by atoms with Crippen LogP contribution in [0.4, 0.5) is 5.69 Å². The minimum atomic E-state index is -0.127. The molecule has 2 heterocycles. The van der Waals surface area contributed by atoms with E-state index in [1.54, 1.807) is 18.3 Å². The molecule has 3 aromatic carbocycles. The Morgan fingerprint density at radius 1 is 0.690 bits per heavy atom. The summed E-state index contributed by atoms with van der Waals surface area (Å²) in [5.41, 5.74) is 8.96. The van der Waals surface area contributed by atoms with Crippen molar-refractivity contribution in [3.05, 3.63) is 73.1 Å². The molecule has 0 amide bonds. The summed E-state index contributed by atoms with van der Waals surface area (Å²) in [6, 6.07) is 17.2. The van der Waals surface area contributed by atoms with E-state index in [4.69, 9.17) is 15.9 Å². The fourth-order valence-corrected chi connectivity index (χ4v) is 3.10. The van der Waals surface area contributed by atoms with Gasteiger partial charge in [0.2, 0.25) is 0 Å². The van der Waals surface area contributed by atoms with E-state index in [0.29, 0.717) is 5.69 Å². The first-order valence-electron chi connectivity index (χ1n) is 8.80. The molecule has 0 saturated carbocycles. The van der Waals surface area contributed by atoms with Crippen LogP contribution >= 0.6 is 0 Å². The summed E-state index contributed by atoms with van der Waals surface area (Å²) in [5.74, 6) is -0.424. The quantitative estimate of drug-likeness (QED) is 0.189. The molecule has 0 bridgehead atoms. The number of H-pyrrole nitrogens is 1. The van der Waals surface area contributed by atoms with Gasteiger partial charge in [0.25, 0.3) is 0 Å². The normalized spacial score (nSPS) is 10.8. The van der Waals surface area contributed by atoms with Gasteiger partial charge in [0, 0.05) is 52.2 Å². The van der Waals surface area contributed by atoms with Crippen LogP contribution in [-0.4, -0.2) is 30.0 Å². The lowest BCUT2D eigenvalue weighted by atomic mass is 10.2. The number of nitrogen functional groups attached to an aromatic ring is 1. The monoisotopic (exact) mass is 389 g/mol. The van der Waals surface area contributed by atoms with Crippen LogP contribution in [0.3, 0.4) is 0 Å². The van der Waals surface area contributed by atoms with E-state index in [9.17, 15) is 10.2 Å². The highest BCUT2D eigenvalue weighted by Crippen LogP contribution is 2.32. The highest BCUT2D eigenvalue weighted by atomic mass is 16.3. The predicted octanol–water partition coefficient (Wildman–Crippen LogP) is 4.20. The molecule has 2 aromatic heterocycles. The second-order valence-electron chi connectivity index (χ2n) is 6.58. The predicted molar refractivity (Wildman–Crippen MR) is 113 cm³/mol. The molecule has 0 aliphatic rings. The maximum Gasteiger partial charge on any atom is 0.159 e. The Morgan fingerprint density at radius 3 is 2.03 bits per heavy atom. The number of fused-ring (bicyclic) bond motifs is 2. The number of phenolic OH excluding ortho intramolecular Hbond substituents is 4. The number of hydrogen-bond acceptors (Lipinski definition) is 5. The highest BCUT2D eigenvalue weighted by molar-refractivity contribution is 5.85. The zero-order valence-corrected chi connectivity index (χ0v) is 15.2. The Kier molecular flexibility index (Phi) is 4.40. The fraction of sp³-hybridized carbons (Fsp3) is 0. The molecular formula is C22H19N3O4. The molecule has 0 radical (unpaired) electrons. The Labute approximate surface area is 165 Å². The molecule has 5 aromatic rings. The number of aromatic amines is 1. The lowest BCUT2D eigenvalue weighted by Crippen LogP contribution is -1.92. The number of benzene rings is 3. The van der Waals surface area contributed by atoms with Crippen LogP contribution in [0.2, 0.25) is 0 Å². The van der Waals surface area contributed by atoms with Crippen LogP contribution in [0.25, 0.3) is 27.5 Å². The number of phenols is 4. The Balaban J connectivity index is 0.000000159. The molecule has 0 fully saturated rings. The summed E-state index contributed by atoms with van der Waals surface area (Å²) < 4.78 is 1.92. The number of nitrogens with zero attached hydrogens (tertiary/aromatic N) is 1. The maximum absolute atomic E-state index is 9.57. The molecule has 0 unspecified atom stereocenters. The van der Waals surface area contributed by atoms with E-state index in [-0.39, 0.29) is 23.0 Å². The average Bonchev–Trinajstić information content (AvgIpc) is 3.30. The molecular weight excluding hydrogens is 370 g/mol. The summed E-state index contributed by atoms with van der Waals surface area (Å²) in [6.07, 6.45) is 3.64. The number of anilines is 1. The molecule has 146 valence electrons. The summed E-state index contributed by atoms with van der Waals surface area (Å²) >= 11 is 0. The van der Waals surface area contributed by atoms with Crippen molar-refractivity contribution >= 4 is 27.5 Å². The minimum Gasteiger partial charge on any atom is -0.504 e. The summed E-state index contributed by atoms with van der Waals surface area (Å²) in [5, 5.41) is 38.9. The van der Waals surface area contributed by atoms with Crippen LogP contribution in [0, 0.1) is 0 Å². The maximum atomic E-state index is 9.57. The first-order chi connectivity index (χ1) is 13.9. The van der Waals surface area contributed by atoms with Gasteiger partial charge in [-0.3, -0.25) is 0 Å². The minimum absolute atomic E-state index is 0.0860. The van der Waals surface area contributed by atoms with Crippen molar-refractivity contribution < 1.29 is 20.4 Å². The molecule has 7 nitrogen and oxygen atoms in total. The van der Waals surface area contributed by atoms with E-state index < -0.39 is 0 Å². The zero-order chi connectivity index (χ0) is 20.5. The van der Waals surface area contributed by atoms with Crippen molar-refractivity contribution in [3.63, 3.8) is 0 Å². The molecule has 7 heteroatoms. The molecule has 0 aliphatic carbocycles. The lowest BCUT2D eigenvalue weighted by molar-refractivity contribution is 0.405. The van der Waals surface area contributed by atoms with Gasteiger partial charge in [0.05, 0.1) is 5.52 Å². The first kappa shape index (κ1) is 18.1. The molecule has 0 aliphatic heterocycles. The van der Waals surface area contributed by atoms with Gasteiger partial charge in [-0.2, -0.15) is 0 Å². The summed E-state index contributed by atoms with van der Waals surface area (Å²) in [4.78, 5) is 2.92. The lowest BCUT2D eigenvalue weighted by Gasteiger charge is -2.06. The van der Waals surface area contributed by atoms with E-state index in [2.05, 4.69) is 4.98 Å². The number of nitrogens with two attached hydrogens (primary N) is 1. The SMILES string of the molecule is Nc1ccc(-n2ccc3cc(O)c(O)cc32)cc1.Oc1cc2cc[nH]c2cc1O. The highest BCUT2D eigenvalue weighted by Gasteiger charge is 2.07. The van der Waals surface area contributed by atoms with Gasteiger partial charge < -0.3 is 35.7 Å². The van der Waals surface area contributed by atoms with Crippen molar-refractivity contribution in [2.24, 2.45) is 0 Å². The molecule has 0 atom stereocenters. The number of nitrogens with one attached hydrogen (secondary N) is 1. The van der Waals surface area contributed by atoms with Crippen molar-refractivity contribution in [3.8, 4) is 28.7 Å². The van der Waals surface area contributed by atoms with E-state index in [1.807, 2.05) is 47.2 Å². The molecule has 5 rings (SSSR count). The smallest absolute Gasteiger partial charge is 0.159 e. The van der Waals surface area contributed by atoms with Gasteiger partial charge in [-0.1, -0.05) is 0 Å². The Hall–Kier alpha value is -4.26. The van der Waals surface area contributed by atoms with Crippen LogP contribution in [-0.2, 0) is 0 Å². The van der Waals surface area contributed by atoms with Crippen LogP contribution < -0.4 is 5.73 Å². The molecule has 29 heavy (non-hydrogen) atoms. The number of aromatic nitrogens is 2. The van der Waals surface area contributed by atoms with Gasteiger partial charge in [0.1, 0.15) is 0 Å². The van der Waals surface area contributed by atoms with Crippen molar-refractivity contribution in [1.29, 1.82) is 0 Å². The third-order valence-corrected chi connectivity index (χ3v) is 4.61. The summed E-state index contributed by atoms with van der Waals surface area (Å²) in [6.45, 7) is 0. The van der Waals surface area contributed by atoms with Gasteiger partial charge in [0.15, 0.2) is 23.0 Å². The topological polar surface area (TPSA) is 128 Å². The fourth-order valence-electron chi connectivity index (χ4n) is 3.10. The number of aromatic hydroxyl groups is 4. The molecule has 0 spiro atoms. The van der Waals surface area contributed by atoms with E-state index in [0.717, 1.165) is 27.5 Å². The second kappa shape index (κ2) is 7.05. The average molecular weight is 389 g/mol. The number of rotatable bonds is 1. The Morgan fingerprint density at radius 2 is 1.31 bits per heavy atom. The molecule has 0 saturated heterocycles. The van der Waals surface area contributed by atoms with Crippen LogP contribution in [0.15, 0.2) is 73.1 Å². The van der Waals surface area contributed by atoms with Crippen LogP contribution in [0.5, 0.6) is 23.0 Å². The van der Waals surface area contributed by atoms with E-state index in [1.165, 1.54) is 12.1 Å². The third-order valence-electron chi connectivity index (χ3n) is 4.61. The largest absolute Gasteiger partial charge is 0.504 e. The van der Waals surface area contributed by atoms with Gasteiger partial charge in [-0.15, -0.1) is 0 Å². The van der Waals surface area contributed by atoms with Crippen molar-refractivity contribution in [1.82, 2.24) is 9.55 Å². The van der Waals surface area contributed by atoms with E-state index >= 15 is 0 Å². The van der Waals surface area contributed by atoms with Gasteiger partial charge in [-0.05, 0) is 48.5 Å². The van der Waals surface area contributed by atoms with Crippen LogP contribution in [0.1, 0.15) is 0 Å². The zero-order valence-electron chi connectivity index (χ0n) is 15.2. The van der Waals surface area contributed by atoms with Gasteiger partial charge >= 0.3 is 0 Å². The molecule has 7 N–H and O–H groups in total. The first-order valence-corrected chi connectivity index (χ1v) is 8.80. The summed E-state index contributed by atoms with van der Waals surface area (Å²) in [7, 11) is 0. The Bertz CT molecular complexity index is 1270. The third kappa shape index (κ3) is 3.49. The second-order valence-corrected chi connectivity index (χ2v) is 6.58. The van der Waals surface area contributed by atoms with Gasteiger partial charge in [-0.25, -0.2) is 0 Å². The van der Waals surface area contributed by atoms with Crippen molar-refractivity contribution in [2.75, 3.05) is 5.73 Å². The standard InChI is InChI=1S/C14H12N2O2.C8H7NO2/c15-10-1-3-11(4-2-10)16-6-5-9-7-13(17)14(18)8-12(9)16;10-7-3-5-1-2-9-6(5)4-8(7)11/h1-8,17-18H,15H2;1-4,9-11H. The van der Waals surface area contributed by atoms with Crippen molar-refractivity contribution in [2.45, 2.75) is 0 Å².